The zero-order valence-electron chi connectivity index (χ0n) is 22.6. The van der Waals surface area contributed by atoms with E-state index in [0.29, 0.717) is 18.2 Å². The van der Waals surface area contributed by atoms with E-state index >= 15 is 0 Å². The van der Waals surface area contributed by atoms with E-state index in [2.05, 4.69) is 41.7 Å². The predicted octanol–water partition coefficient (Wildman–Crippen LogP) is 6.81. The summed E-state index contributed by atoms with van der Waals surface area (Å²) >= 11 is 6.30. The third-order valence-corrected chi connectivity index (χ3v) is 7.03. The van der Waals surface area contributed by atoms with Crippen molar-refractivity contribution in [3.8, 4) is 17.2 Å². The Hall–Kier alpha value is -3.51. The van der Waals surface area contributed by atoms with E-state index in [1.165, 1.54) is 5.56 Å². The summed E-state index contributed by atoms with van der Waals surface area (Å²) in [5.74, 6) is 2.53. The summed E-state index contributed by atoms with van der Waals surface area (Å²) < 4.78 is 16.9. The predicted molar refractivity (Wildman–Crippen MR) is 159 cm³/mol. The van der Waals surface area contributed by atoms with Gasteiger partial charge >= 0.3 is 0 Å². The van der Waals surface area contributed by atoms with Crippen molar-refractivity contribution >= 4 is 11.6 Å². The molecule has 0 saturated carbocycles. The second kappa shape index (κ2) is 14.6. The third kappa shape index (κ3) is 8.24. The highest BCUT2D eigenvalue weighted by Crippen LogP contribution is 2.28. The lowest BCUT2D eigenvalue weighted by Crippen LogP contribution is -2.39. The van der Waals surface area contributed by atoms with Crippen LogP contribution < -0.4 is 25.3 Å². The summed E-state index contributed by atoms with van der Waals surface area (Å²) in [6, 6.07) is 32.6. The average Bonchev–Trinajstić information content (AvgIpc) is 2.98. The molecule has 5 nitrogen and oxygen atoms in total. The first-order chi connectivity index (χ1) is 19.1. The zero-order chi connectivity index (χ0) is 27.5. The number of nitrogens with one attached hydrogen (secondary N) is 1. The molecule has 204 valence electrons. The first-order valence-corrected chi connectivity index (χ1v) is 13.7. The first kappa shape index (κ1) is 28.5. The molecule has 0 aliphatic heterocycles. The van der Waals surface area contributed by atoms with E-state index in [-0.39, 0.29) is 12.1 Å². The molecule has 1 unspecified atom stereocenters. The van der Waals surface area contributed by atoms with Gasteiger partial charge < -0.3 is 25.3 Å². The van der Waals surface area contributed by atoms with Crippen molar-refractivity contribution in [2.75, 3.05) is 27.4 Å². The van der Waals surface area contributed by atoms with Crippen molar-refractivity contribution in [1.29, 1.82) is 0 Å². The minimum atomic E-state index is -0.0231. The number of halogens is 1. The molecule has 39 heavy (non-hydrogen) atoms. The minimum Gasteiger partial charge on any atom is -0.497 e. The number of benzene rings is 4. The topological polar surface area (TPSA) is 65.7 Å². The van der Waals surface area contributed by atoms with E-state index in [0.717, 1.165) is 53.2 Å². The van der Waals surface area contributed by atoms with Crippen LogP contribution >= 0.6 is 11.6 Å². The number of hydrogen-bond donors (Lipinski definition) is 2. The zero-order valence-corrected chi connectivity index (χ0v) is 23.4. The number of methoxy groups -OCH3 is 2. The van der Waals surface area contributed by atoms with Crippen molar-refractivity contribution in [2.24, 2.45) is 5.73 Å². The Morgan fingerprint density at radius 2 is 1.41 bits per heavy atom. The molecule has 6 heteroatoms. The van der Waals surface area contributed by atoms with Crippen LogP contribution in [-0.4, -0.2) is 33.4 Å². The molecule has 0 aliphatic carbocycles. The normalized spacial score (nSPS) is 11.8. The maximum Gasteiger partial charge on any atom is 0.122 e. The van der Waals surface area contributed by atoms with Gasteiger partial charge in [0.05, 0.1) is 26.9 Å². The largest absolute Gasteiger partial charge is 0.497 e. The van der Waals surface area contributed by atoms with E-state index in [4.69, 9.17) is 31.5 Å². The second-order valence-corrected chi connectivity index (χ2v) is 9.92. The van der Waals surface area contributed by atoms with Gasteiger partial charge in [-0.1, -0.05) is 66.2 Å². The molecule has 0 fully saturated rings. The van der Waals surface area contributed by atoms with E-state index in [1.807, 2.05) is 60.7 Å². The Morgan fingerprint density at radius 3 is 1.97 bits per heavy atom. The van der Waals surface area contributed by atoms with Crippen LogP contribution in [0.25, 0.3) is 0 Å². The molecule has 0 radical (unpaired) electrons. The molecule has 3 N–H and O–H groups in total. The number of nitrogens with two attached hydrogens (primary N) is 1. The SMILES string of the molecule is COc1ccc(C(NC(CN)CCCOc2ccc(Cl)cc2Cc2ccccc2)c2ccc(OC)cc2)cc1. The summed E-state index contributed by atoms with van der Waals surface area (Å²) in [4.78, 5) is 0. The molecule has 1 atom stereocenters. The van der Waals surface area contributed by atoms with Crippen LogP contribution in [0.1, 0.15) is 41.1 Å². The lowest BCUT2D eigenvalue weighted by Gasteiger charge is -2.26. The maximum atomic E-state index is 6.30. The average molecular weight is 545 g/mol. The lowest BCUT2D eigenvalue weighted by atomic mass is 9.96. The van der Waals surface area contributed by atoms with Crippen LogP contribution in [0.3, 0.4) is 0 Å². The fourth-order valence-electron chi connectivity index (χ4n) is 4.64. The van der Waals surface area contributed by atoms with Crippen LogP contribution in [0.2, 0.25) is 5.02 Å². The molecule has 4 aromatic carbocycles. The van der Waals surface area contributed by atoms with Crippen molar-refractivity contribution in [3.05, 3.63) is 124 Å². The number of rotatable bonds is 14. The summed E-state index contributed by atoms with van der Waals surface area (Å²) in [6.45, 7) is 1.11. The highest BCUT2D eigenvalue weighted by molar-refractivity contribution is 6.30. The van der Waals surface area contributed by atoms with Gasteiger partial charge in [-0.3, -0.25) is 0 Å². The summed E-state index contributed by atoms with van der Waals surface area (Å²) in [5, 5.41) is 4.49. The Kier molecular flexibility index (Phi) is 10.7. The fourth-order valence-corrected chi connectivity index (χ4v) is 4.83. The Bertz CT molecular complexity index is 1230. The second-order valence-electron chi connectivity index (χ2n) is 9.48. The summed E-state index contributed by atoms with van der Waals surface area (Å²) in [7, 11) is 3.35. The lowest BCUT2D eigenvalue weighted by molar-refractivity contribution is 0.291. The van der Waals surface area contributed by atoms with Crippen LogP contribution in [0.4, 0.5) is 0 Å². The van der Waals surface area contributed by atoms with Crippen LogP contribution in [0, 0.1) is 0 Å². The van der Waals surface area contributed by atoms with E-state index < -0.39 is 0 Å². The molecule has 0 amide bonds. The fraction of sp³-hybridized carbons (Fsp3) is 0.273. The number of hydrogen-bond acceptors (Lipinski definition) is 5. The Labute approximate surface area is 236 Å². The standard InChI is InChI=1S/C33H37ClN2O3/c1-37-30-15-10-25(11-16-30)33(26-12-17-31(38-2)18-13-26)36-29(23-35)9-6-20-39-32-19-14-28(34)22-27(32)21-24-7-4-3-5-8-24/h3-5,7-8,10-19,22,29,33,36H,6,9,20-21,23,35H2,1-2H3. The highest BCUT2D eigenvalue weighted by atomic mass is 35.5. The first-order valence-electron chi connectivity index (χ1n) is 13.3. The molecule has 0 aliphatic rings. The molecule has 4 aromatic rings. The van der Waals surface area contributed by atoms with Gasteiger partial charge in [-0.05, 0) is 77.6 Å². The van der Waals surface area contributed by atoms with Gasteiger partial charge in [-0.15, -0.1) is 0 Å². The van der Waals surface area contributed by atoms with E-state index in [9.17, 15) is 0 Å². The van der Waals surface area contributed by atoms with Crippen molar-refractivity contribution in [2.45, 2.75) is 31.3 Å². The minimum absolute atomic E-state index is 0.0231. The van der Waals surface area contributed by atoms with Crippen LogP contribution in [0.5, 0.6) is 17.2 Å². The number of ether oxygens (including phenoxy) is 3. The summed E-state index contributed by atoms with van der Waals surface area (Å²) in [6.07, 6.45) is 2.51. The van der Waals surface area contributed by atoms with Crippen LogP contribution in [0.15, 0.2) is 97.1 Å². The summed E-state index contributed by atoms with van der Waals surface area (Å²) in [5.41, 5.74) is 10.8. The van der Waals surface area contributed by atoms with Gasteiger partial charge in [0, 0.05) is 24.0 Å². The monoisotopic (exact) mass is 544 g/mol. The van der Waals surface area contributed by atoms with Crippen LogP contribution in [-0.2, 0) is 6.42 Å². The van der Waals surface area contributed by atoms with Gasteiger partial charge in [-0.25, -0.2) is 0 Å². The van der Waals surface area contributed by atoms with Gasteiger partial charge in [0.2, 0.25) is 0 Å². The van der Waals surface area contributed by atoms with Crippen molar-refractivity contribution in [1.82, 2.24) is 5.32 Å². The van der Waals surface area contributed by atoms with Gasteiger partial charge in [0.25, 0.3) is 0 Å². The maximum absolute atomic E-state index is 6.30. The highest BCUT2D eigenvalue weighted by Gasteiger charge is 2.19. The van der Waals surface area contributed by atoms with Crippen molar-refractivity contribution < 1.29 is 14.2 Å². The molecule has 0 spiro atoms. The molecule has 0 heterocycles. The van der Waals surface area contributed by atoms with Crippen molar-refractivity contribution in [3.63, 3.8) is 0 Å². The quantitative estimate of drug-likeness (QED) is 0.171. The molecule has 0 bridgehead atoms. The molecule has 4 rings (SSSR count). The third-order valence-electron chi connectivity index (χ3n) is 6.80. The molecular weight excluding hydrogens is 508 g/mol. The Morgan fingerprint density at radius 1 is 0.795 bits per heavy atom. The Balaban J connectivity index is 1.40. The van der Waals surface area contributed by atoms with Gasteiger partial charge in [-0.2, -0.15) is 0 Å². The molecule has 0 aromatic heterocycles. The van der Waals surface area contributed by atoms with E-state index in [1.54, 1.807) is 14.2 Å². The molecule has 0 saturated heterocycles. The molecular formula is C33H37ClN2O3. The smallest absolute Gasteiger partial charge is 0.122 e. The van der Waals surface area contributed by atoms with Gasteiger partial charge in [0.1, 0.15) is 17.2 Å². The van der Waals surface area contributed by atoms with Gasteiger partial charge in [0.15, 0.2) is 0 Å².